The third kappa shape index (κ3) is 6.51. The molecular weight excluding hydrogens is 632 g/mol. The van der Waals surface area contributed by atoms with Gasteiger partial charge >= 0.3 is 6.18 Å². The van der Waals surface area contributed by atoms with Gasteiger partial charge < -0.3 is 10.1 Å². The first-order chi connectivity index (χ1) is 22.3. The van der Waals surface area contributed by atoms with Crippen LogP contribution in [0.5, 0.6) is 5.75 Å². The van der Waals surface area contributed by atoms with Crippen molar-refractivity contribution in [2.45, 2.75) is 31.5 Å². The topological polar surface area (TPSA) is 71.8 Å². The second kappa shape index (κ2) is 12.9. The smallest absolute Gasteiger partial charge is 0.413 e. The highest BCUT2D eigenvalue weighted by atomic mass is 32.1. The molecule has 1 aliphatic heterocycles. The maximum Gasteiger partial charge on any atom is 0.413 e. The predicted octanol–water partition coefficient (Wildman–Crippen LogP) is 8.24. The van der Waals surface area contributed by atoms with E-state index in [1.807, 2.05) is 30.5 Å². The number of hydrogen-bond donors (Lipinski definition) is 1. The molecule has 4 aromatic heterocycles. The first-order valence-corrected chi connectivity index (χ1v) is 16.8. The largest absolute Gasteiger partial charge is 0.492 e. The number of carbonyl (C=O) groups excluding carboxylic acids is 1. The highest BCUT2D eigenvalue weighted by Crippen LogP contribution is 2.39. The Bertz CT molecular complexity index is 1940. The Morgan fingerprint density at radius 1 is 0.978 bits per heavy atom. The summed E-state index contributed by atoms with van der Waals surface area (Å²) >= 11 is 2.10. The first-order valence-electron chi connectivity index (χ1n) is 15.1. The Morgan fingerprint density at radius 3 is 2.57 bits per heavy atom. The minimum absolute atomic E-state index is 0.0384. The molecule has 7 nitrogen and oxygen atoms in total. The summed E-state index contributed by atoms with van der Waals surface area (Å²) in [6, 6.07) is 15.9. The number of likely N-dealkylation sites (tertiary alicyclic amines) is 1. The molecule has 236 valence electrons. The Hall–Kier alpha value is -4.26. The first kappa shape index (κ1) is 30.4. The molecule has 1 amide bonds. The zero-order valence-electron chi connectivity index (χ0n) is 24.7. The molecule has 0 bridgehead atoms. The van der Waals surface area contributed by atoms with Gasteiger partial charge in [-0.2, -0.15) is 18.3 Å². The summed E-state index contributed by atoms with van der Waals surface area (Å²) in [5.41, 5.74) is 3.73. The van der Waals surface area contributed by atoms with Gasteiger partial charge in [-0.25, -0.2) is 9.50 Å². The molecule has 1 unspecified atom stereocenters. The number of nitrogens with zero attached hydrogens (tertiary/aromatic N) is 4. The summed E-state index contributed by atoms with van der Waals surface area (Å²) in [6.07, 6.45) is 4.46. The summed E-state index contributed by atoms with van der Waals surface area (Å²) in [4.78, 5) is 20.3. The molecule has 1 atom stereocenters. The number of alkyl halides is 3. The fourth-order valence-corrected chi connectivity index (χ4v) is 7.66. The Morgan fingerprint density at radius 2 is 1.78 bits per heavy atom. The number of thiophene rings is 2. The zero-order valence-corrected chi connectivity index (χ0v) is 26.3. The summed E-state index contributed by atoms with van der Waals surface area (Å²) in [5, 5.41) is 9.11. The minimum atomic E-state index is -4.65. The number of rotatable bonds is 9. The number of benzene rings is 2. The maximum absolute atomic E-state index is 14.1. The van der Waals surface area contributed by atoms with Gasteiger partial charge in [0, 0.05) is 39.6 Å². The van der Waals surface area contributed by atoms with E-state index in [-0.39, 0.29) is 9.75 Å². The van der Waals surface area contributed by atoms with Crippen molar-refractivity contribution >= 4 is 44.3 Å². The lowest BCUT2D eigenvalue weighted by Crippen LogP contribution is -2.37. The zero-order chi connectivity index (χ0) is 31.7. The normalized spacial score (nSPS) is 14.9. The summed E-state index contributed by atoms with van der Waals surface area (Å²) < 4.78 is 50.6. The number of piperidine rings is 1. The lowest BCUT2D eigenvalue weighted by molar-refractivity contribution is -0.154. The number of hydrogen-bond acceptors (Lipinski definition) is 7. The van der Waals surface area contributed by atoms with Crippen LogP contribution in [0.3, 0.4) is 0 Å². The van der Waals surface area contributed by atoms with E-state index in [0.29, 0.717) is 28.8 Å². The Kier molecular flexibility index (Phi) is 8.50. The van der Waals surface area contributed by atoms with Gasteiger partial charge in [0.15, 0.2) is 11.7 Å². The molecule has 0 spiro atoms. The van der Waals surface area contributed by atoms with Crippen LogP contribution in [0.4, 0.5) is 13.2 Å². The number of aromatic nitrogens is 3. The molecule has 1 saturated heterocycles. The van der Waals surface area contributed by atoms with Gasteiger partial charge in [0.05, 0.1) is 11.1 Å². The van der Waals surface area contributed by atoms with Gasteiger partial charge in [-0.05, 0) is 78.2 Å². The standard InChI is InChI=1S/C34H30F3N5O2S2/c35-34(36,37)31(29-16-23-6-2-3-7-28(23)46-29)40-33(43)30-17-24(21-45-30)27-19-39-42-20-25(18-38-32(27)42)22-8-10-26(11-9-22)44-15-14-41-12-4-1-5-13-41/h2-3,6-11,16-21,31H,1,4-5,12-15H2,(H,40,43). The molecule has 6 aromatic rings. The van der Waals surface area contributed by atoms with Crippen molar-refractivity contribution < 1.29 is 22.7 Å². The van der Waals surface area contributed by atoms with Crippen LogP contribution in [-0.4, -0.2) is 57.8 Å². The van der Waals surface area contributed by atoms with Crippen molar-refractivity contribution in [3.8, 4) is 28.0 Å². The molecule has 12 heteroatoms. The summed E-state index contributed by atoms with van der Waals surface area (Å²) in [6.45, 7) is 3.88. The Balaban J connectivity index is 1.03. The van der Waals surface area contributed by atoms with Crippen LogP contribution in [0, 0.1) is 0 Å². The molecule has 1 aliphatic rings. The van der Waals surface area contributed by atoms with Crippen LogP contribution in [-0.2, 0) is 0 Å². The molecule has 7 rings (SSSR count). The van der Waals surface area contributed by atoms with Gasteiger partial charge in [-0.3, -0.25) is 9.69 Å². The van der Waals surface area contributed by atoms with Crippen LogP contribution < -0.4 is 10.1 Å². The second-order valence-electron chi connectivity index (χ2n) is 11.3. The number of carbonyl (C=O) groups is 1. The average molecular weight is 662 g/mol. The van der Waals surface area contributed by atoms with E-state index < -0.39 is 18.1 Å². The maximum atomic E-state index is 14.1. The van der Waals surface area contributed by atoms with E-state index in [1.165, 1.54) is 25.3 Å². The van der Waals surface area contributed by atoms with Gasteiger partial charge in [0.25, 0.3) is 5.91 Å². The van der Waals surface area contributed by atoms with Crippen molar-refractivity contribution in [2.75, 3.05) is 26.2 Å². The van der Waals surface area contributed by atoms with E-state index >= 15 is 0 Å². The third-order valence-electron chi connectivity index (χ3n) is 8.14. The van der Waals surface area contributed by atoms with E-state index in [0.717, 1.165) is 63.9 Å². The van der Waals surface area contributed by atoms with Crippen molar-refractivity contribution in [2.24, 2.45) is 0 Å². The van der Waals surface area contributed by atoms with Gasteiger partial charge in [-0.1, -0.05) is 36.8 Å². The van der Waals surface area contributed by atoms with Gasteiger partial charge in [0.1, 0.15) is 12.4 Å². The lowest BCUT2D eigenvalue weighted by Gasteiger charge is -2.26. The molecule has 0 saturated carbocycles. The van der Waals surface area contributed by atoms with Crippen molar-refractivity contribution in [1.29, 1.82) is 0 Å². The van der Waals surface area contributed by atoms with Crippen molar-refractivity contribution in [1.82, 2.24) is 24.8 Å². The molecule has 5 heterocycles. The Labute approximate surface area is 271 Å². The molecular formula is C34H30F3N5O2S2. The number of fused-ring (bicyclic) bond motifs is 2. The molecule has 46 heavy (non-hydrogen) atoms. The van der Waals surface area contributed by atoms with Crippen LogP contribution in [0.15, 0.2) is 84.6 Å². The molecule has 2 aromatic carbocycles. The molecule has 1 N–H and O–H groups in total. The second-order valence-corrected chi connectivity index (χ2v) is 13.3. The SMILES string of the molecule is O=C(NC(c1cc2ccccc2s1)C(F)(F)F)c1cc(-c2cnn3cc(-c4ccc(OCCN5CCCCC5)cc4)cnc23)cs1. The molecule has 0 radical (unpaired) electrons. The van der Waals surface area contributed by atoms with E-state index in [2.05, 4.69) is 20.3 Å². The molecule has 0 aliphatic carbocycles. The molecule has 1 fully saturated rings. The summed E-state index contributed by atoms with van der Waals surface area (Å²) in [7, 11) is 0. The minimum Gasteiger partial charge on any atom is -0.492 e. The highest BCUT2D eigenvalue weighted by molar-refractivity contribution is 7.19. The van der Waals surface area contributed by atoms with Gasteiger partial charge in [0.2, 0.25) is 0 Å². The van der Waals surface area contributed by atoms with E-state index in [9.17, 15) is 18.0 Å². The lowest BCUT2D eigenvalue weighted by atomic mass is 10.1. The van der Waals surface area contributed by atoms with Crippen LogP contribution in [0.2, 0.25) is 0 Å². The van der Waals surface area contributed by atoms with Crippen LogP contribution >= 0.6 is 22.7 Å². The van der Waals surface area contributed by atoms with Crippen molar-refractivity contribution in [3.63, 3.8) is 0 Å². The quantitative estimate of drug-likeness (QED) is 0.169. The average Bonchev–Trinajstić information content (AvgIpc) is 3.82. The number of amides is 1. The third-order valence-corrected chi connectivity index (χ3v) is 10.2. The fourth-order valence-electron chi connectivity index (χ4n) is 5.70. The van der Waals surface area contributed by atoms with E-state index in [4.69, 9.17) is 4.74 Å². The highest BCUT2D eigenvalue weighted by Gasteiger charge is 2.43. The number of halogens is 3. The predicted molar refractivity (Wildman–Crippen MR) is 176 cm³/mol. The van der Waals surface area contributed by atoms with Crippen molar-refractivity contribution in [3.05, 3.63) is 94.4 Å². The van der Waals surface area contributed by atoms with Crippen LogP contribution in [0.25, 0.3) is 38.0 Å². The van der Waals surface area contributed by atoms with Crippen LogP contribution in [0.1, 0.15) is 39.9 Å². The monoisotopic (exact) mass is 661 g/mol. The number of ether oxygens (including phenoxy) is 1. The number of nitrogens with one attached hydrogen (secondary N) is 1. The summed E-state index contributed by atoms with van der Waals surface area (Å²) in [5.74, 6) is 0.0283. The fraction of sp³-hybridized carbons (Fsp3) is 0.265. The van der Waals surface area contributed by atoms with Gasteiger partial charge in [-0.15, -0.1) is 22.7 Å². The van der Waals surface area contributed by atoms with E-state index in [1.54, 1.807) is 52.6 Å².